The molecule has 0 atom stereocenters. The van der Waals surface area contributed by atoms with E-state index in [2.05, 4.69) is 11.4 Å². The van der Waals surface area contributed by atoms with Crippen molar-refractivity contribution in [2.45, 2.75) is 13.8 Å². The van der Waals surface area contributed by atoms with Gasteiger partial charge in [-0.1, -0.05) is 23.7 Å². The molecule has 1 N–H and O–H groups in total. The van der Waals surface area contributed by atoms with Crippen molar-refractivity contribution < 1.29 is 9.53 Å². The zero-order chi connectivity index (χ0) is 14.5. The van der Waals surface area contributed by atoms with Crippen LogP contribution in [0.1, 0.15) is 11.1 Å². The lowest BCUT2D eigenvalue weighted by atomic mass is 10.1. The summed E-state index contributed by atoms with van der Waals surface area (Å²) in [6.07, 6.45) is 0. The quantitative estimate of drug-likeness (QED) is 0.925. The van der Waals surface area contributed by atoms with Gasteiger partial charge in [-0.15, -0.1) is 0 Å². The summed E-state index contributed by atoms with van der Waals surface area (Å²) >= 11 is 5.85. The Balaban J connectivity index is 1.92. The van der Waals surface area contributed by atoms with Crippen LogP contribution >= 0.6 is 11.6 Å². The van der Waals surface area contributed by atoms with Crippen LogP contribution in [0.4, 0.5) is 5.69 Å². The minimum absolute atomic E-state index is 0.0323. The molecule has 0 aromatic heterocycles. The molecule has 0 bridgehead atoms. The monoisotopic (exact) mass is 289 g/mol. The van der Waals surface area contributed by atoms with Gasteiger partial charge in [0.2, 0.25) is 0 Å². The molecule has 20 heavy (non-hydrogen) atoms. The van der Waals surface area contributed by atoms with Crippen molar-refractivity contribution in [3.8, 4) is 5.75 Å². The number of hydrogen-bond acceptors (Lipinski definition) is 2. The van der Waals surface area contributed by atoms with Crippen molar-refractivity contribution in [1.29, 1.82) is 0 Å². The van der Waals surface area contributed by atoms with Gasteiger partial charge in [0.05, 0.1) is 0 Å². The van der Waals surface area contributed by atoms with E-state index in [1.807, 2.05) is 26.0 Å². The van der Waals surface area contributed by atoms with Gasteiger partial charge in [0.1, 0.15) is 5.75 Å². The summed E-state index contributed by atoms with van der Waals surface area (Å²) in [4.78, 5) is 11.8. The lowest BCUT2D eigenvalue weighted by Gasteiger charge is -2.09. The largest absolute Gasteiger partial charge is 0.484 e. The average Bonchev–Trinajstić information content (AvgIpc) is 2.35. The number of amides is 1. The van der Waals surface area contributed by atoms with Crippen LogP contribution in [0, 0.1) is 13.8 Å². The van der Waals surface area contributed by atoms with E-state index < -0.39 is 0 Å². The second-order valence-electron chi connectivity index (χ2n) is 4.67. The third kappa shape index (κ3) is 4.28. The van der Waals surface area contributed by atoms with Crippen LogP contribution in [-0.2, 0) is 4.79 Å². The molecule has 0 heterocycles. The third-order valence-electron chi connectivity index (χ3n) is 2.67. The van der Waals surface area contributed by atoms with E-state index >= 15 is 0 Å². The van der Waals surface area contributed by atoms with Crippen molar-refractivity contribution in [2.75, 3.05) is 11.9 Å². The highest BCUT2D eigenvalue weighted by Crippen LogP contribution is 2.17. The Morgan fingerprint density at radius 1 is 1.15 bits per heavy atom. The Kier molecular flexibility index (Phi) is 4.64. The lowest BCUT2D eigenvalue weighted by Crippen LogP contribution is -2.20. The first-order valence-electron chi connectivity index (χ1n) is 6.29. The summed E-state index contributed by atoms with van der Waals surface area (Å²) in [7, 11) is 0. The Hall–Kier alpha value is -2.00. The Morgan fingerprint density at radius 2 is 1.85 bits per heavy atom. The van der Waals surface area contributed by atoms with E-state index in [0.29, 0.717) is 16.5 Å². The first-order valence-corrected chi connectivity index (χ1v) is 6.67. The predicted molar refractivity (Wildman–Crippen MR) is 81.5 cm³/mol. The molecule has 1 amide bonds. The van der Waals surface area contributed by atoms with Gasteiger partial charge in [-0.25, -0.2) is 0 Å². The standard InChI is InChI=1S/C16H16ClNO2/c1-11-6-12(2)8-15(7-11)20-10-16(19)18-14-5-3-4-13(17)9-14/h3-9H,10H2,1-2H3,(H,18,19). The van der Waals surface area contributed by atoms with Crippen LogP contribution in [0.3, 0.4) is 0 Å². The molecule has 2 aromatic rings. The van der Waals surface area contributed by atoms with Crippen LogP contribution in [0.5, 0.6) is 5.75 Å². The fourth-order valence-electron chi connectivity index (χ4n) is 1.93. The van der Waals surface area contributed by atoms with E-state index in [-0.39, 0.29) is 12.5 Å². The summed E-state index contributed by atoms with van der Waals surface area (Å²) in [6, 6.07) is 12.9. The van der Waals surface area contributed by atoms with E-state index in [4.69, 9.17) is 16.3 Å². The van der Waals surface area contributed by atoms with Crippen molar-refractivity contribution in [1.82, 2.24) is 0 Å². The van der Waals surface area contributed by atoms with Crippen molar-refractivity contribution in [3.63, 3.8) is 0 Å². The van der Waals surface area contributed by atoms with Gasteiger partial charge in [0.15, 0.2) is 6.61 Å². The van der Waals surface area contributed by atoms with Gasteiger partial charge in [-0.05, 0) is 55.3 Å². The highest BCUT2D eigenvalue weighted by Gasteiger charge is 2.05. The maximum absolute atomic E-state index is 11.8. The van der Waals surface area contributed by atoms with Crippen molar-refractivity contribution in [3.05, 3.63) is 58.6 Å². The topological polar surface area (TPSA) is 38.3 Å². The van der Waals surface area contributed by atoms with Crippen LogP contribution in [-0.4, -0.2) is 12.5 Å². The molecule has 3 nitrogen and oxygen atoms in total. The van der Waals surface area contributed by atoms with Gasteiger partial charge in [-0.2, -0.15) is 0 Å². The van der Waals surface area contributed by atoms with E-state index in [1.54, 1.807) is 24.3 Å². The predicted octanol–water partition coefficient (Wildman–Crippen LogP) is 3.97. The number of rotatable bonds is 4. The zero-order valence-electron chi connectivity index (χ0n) is 11.4. The number of benzene rings is 2. The van der Waals surface area contributed by atoms with Crippen molar-refractivity contribution >= 4 is 23.2 Å². The molecule has 0 unspecified atom stereocenters. The number of aryl methyl sites for hydroxylation is 2. The molecule has 0 fully saturated rings. The summed E-state index contributed by atoms with van der Waals surface area (Å²) in [6.45, 7) is 3.95. The first-order chi connectivity index (χ1) is 9.52. The number of nitrogens with one attached hydrogen (secondary N) is 1. The number of anilines is 1. The molecule has 0 saturated heterocycles. The zero-order valence-corrected chi connectivity index (χ0v) is 12.2. The molecule has 0 aliphatic heterocycles. The summed E-state index contributed by atoms with van der Waals surface area (Å²) < 4.78 is 5.49. The van der Waals surface area contributed by atoms with E-state index in [0.717, 1.165) is 11.1 Å². The Morgan fingerprint density at radius 3 is 2.50 bits per heavy atom. The van der Waals surface area contributed by atoms with Crippen LogP contribution in [0.15, 0.2) is 42.5 Å². The number of halogens is 1. The lowest BCUT2D eigenvalue weighted by molar-refractivity contribution is -0.118. The van der Waals surface area contributed by atoms with Gasteiger partial charge in [0, 0.05) is 10.7 Å². The van der Waals surface area contributed by atoms with Crippen LogP contribution in [0.25, 0.3) is 0 Å². The fraction of sp³-hybridized carbons (Fsp3) is 0.188. The average molecular weight is 290 g/mol. The second-order valence-corrected chi connectivity index (χ2v) is 5.11. The molecular formula is C16H16ClNO2. The molecule has 0 radical (unpaired) electrons. The maximum atomic E-state index is 11.8. The van der Waals surface area contributed by atoms with Gasteiger partial charge < -0.3 is 10.1 Å². The normalized spacial score (nSPS) is 10.2. The maximum Gasteiger partial charge on any atom is 0.262 e. The molecule has 2 rings (SSSR count). The molecule has 0 aliphatic carbocycles. The molecular weight excluding hydrogens is 274 g/mol. The molecule has 4 heteroatoms. The molecule has 104 valence electrons. The summed E-state index contributed by atoms with van der Waals surface area (Å²) in [5.41, 5.74) is 2.87. The van der Waals surface area contributed by atoms with Gasteiger partial charge >= 0.3 is 0 Å². The van der Waals surface area contributed by atoms with Gasteiger partial charge in [0.25, 0.3) is 5.91 Å². The third-order valence-corrected chi connectivity index (χ3v) is 2.91. The number of hydrogen-bond donors (Lipinski definition) is 1. The molecule has 2 aromatic carbocycles. The number of ether oxygens (including phenoxy) is 1. The first kappa shape index (κ1) is 14.4. The minimum Gasteiger partial charge on any atom is -0.484 e. The van der Waals surface area contributed by atoms with E-state index in [1.165, 1.54) is 0 Å². The molecule has 0 aliphatic rings. The van der Waals surface area contributed by atoms with Crippen LogP contribution < -0.4 is 10.1 Å². The number of carbonyl (C=O) groups is 1. The fourth-order valence-corrected chi connectivity index (χ4v) is 2.12. The van der Waals surface area contributed by atoms with Crippen molar-refractivity contribution in [2.24, 2.45) is 0 Å². The smallest absolute Gasteiger partial charge is 0.262 e. The van der Waals surface area contributed by atoms with E-state index in [9.17, 15) is 4.79 Å². The van der Waals surface area contributed by atoms with Crippen LogP contribution in [0.2, 0.25) is 5.02 Å². The van der Waals surface area contributed by atoms with Gasteiger partial charge in [-0.3, -0.25) is 4.79 Å². The Labute approximate surface area is 123 Å². The molecule has 0 spiro atoms. The summed E-state index contributed by atoms with van der Waals surface area (Å²) in [5.74, 6) is 0.482. The number of carbonyl (C=O) groups excluding carboxylic acids is 1. The minimum atomic E-state index is -0.216. The highest BCUT2D eigenvalue weighted by molar-refractivity contribution is 6.30. The second kappa shape index (κ2) is 6.44. The Bertz CT molecular complexity index is 605. The highest BCUT2D eigenvalue weighted by atomic mass is 35.5. The SMILES string of the molecule is Cc1cc(C)cc(OCC(=O)Nc2cccc(Cl)c2)c1. The summed E-state index contributed by atoms with van der Waals surface area (Å²) in [5, 5.41) is 3.32. The molecule has 0 saturated carbocycles.